The van der Waals surface area contributed by atoms with Crippen molar-refractivity contribution in [1.29, 1.82) is 0 Å². The Labute approximate surface area is 144 Å². The van der Waals surface area contributed by atoms with Crippen molar-refractivity contribution >= 4 is 35.6 Å². The topological polar surface area (TPSA) is 35.2 Å². The lowest BCUT2D eigenvalue weighted by molar-refractivity contribution is 0.182. The molecule has 22 heavy (non-hydrogen) atoms. The highest BCUT2D eigenvalue weighted by Gasteiger charge is 2.25. The molecule has 0 amide bonds. The van der Waals surface area contributed by atoms with E-state index in [-0.39, 0.29) is 24.3 Å². The number of hydrogen-bond acceptors (Lipinski definition) is 2. The fourth-order valence-electron chi connectivity index (χ4n) is 2.62. The summed E-state index contributed by atoms with van der Waals surface area (Å²) in [6.45, 7) is 0.423. The predicted octanol–water partition coefficient (Wildman–Crippen LogP) is 4.87. The van der Waals surface area contributed by atoms with E-state index in [1.54, 1.807) is 18.2 Å². The number of halogens is 4. The number of ether oxygens (including phenoxy) is 1. The first kappa shape index (κ1) is 17.4. The molecule has 0 aromatic heterocycles. The van der Waals surface area contributed by atoms with Crippen LogP contribution < -0.4 is 10.5 Å². The van der Waals surface area contributed by atoms with Gasteiger partial charge in [-0.25, -0.2) is 4.39 Å². The lowest BCUT2D eigenvalue weighted by Crippen LogP contribution is -2.30. The van der Waals surface area contributed by atoms with Crippen LogP contribution in [-0.2, 0) is 6.42 Å². The van der Waals surface area contributed by atoms with E-state index in [2.05, 4.69) is 0 Å². The Hall–Kier alpha value is -1.00. The van der Waals surface area contributed by atoms with Crippen LogP contribution in [-0.4, -0.2) is 12.6 Å². The van der Waals surface area contributed by atoms with Gasteiger partial charge in [-0.15, -0.1) is 12.4 Å². The maximum absolute atomic E-state index is 13.9. The lowest BCUT2D eigenvalue weighted by atomic mass is 9.95. The zero-order valence-corrected chi connectivity index (χ0v) is 13.9. The van der Waals surface area contributed by atoms with E-state index in [4.69, 9.17) is 33.7 Å². The standard InChI is InChI=1S/C16H14Cl2FNO.ClH/c17-13-2-1-3-14(18)15(13)12-7-10(19)6-9-4-5-11(8-20)21-16(9)12;/h1-3,6-7,11H,4-5,8,20H2;1H/t11-;/m1./s1. The van der Waals surface area contributed by atoms with E-state index in [1.807, 2.05) is 0 Å². The van der Waals surface area contributed by atoms with Crippen LogP contribution in [0.2, 0.25) is 10.0 Å². The second kappa shape index (κ2) is 7.05. The van der Waals surface area contributed by atoms with Gasteiger partial charge in [0, 0.05) is 17.7 Å². The third-order valence-corrected chi connectivity index (χ3v) is 4.28. The van der Waals surface area contributed by atoms with Gasteiger partial charge < -0.3 is 10.5 Å². The normalized spacial score (nSPS) is 16.5. The summed E-state index contributed by atoms with van der Waals surface area (Å²) in [5.74, 6) is 0.308. The van der Waals surface area contributed by atoms with Gasteiger partial charge in [0.15, 0.2) is 0 Å². The van der Waals surface area contributed by atoms with Gasteiger partial charge in [0.25, 0.3) is 0 Å². The van der Waals surface area contributed by atoms with Crippen LogP contribution in [0.3, 0.4) is 0 Å². The quantitative estimate of drug-likeness (QED) is 0.827. The summed E-state index contributed by atoms with van der Waals surface area (Å²) in [5, 5.41) is 0.933. The zero-order valence-electron chi connectivity index (χ0n) is 11.6. The van der Waals surface area contributed by atoms with Gasteiger partial charge >= 0.3 is 0 Å². The van der Waals surface area contributed by atoms with Crippen molar-refractivity contribution in [2.24, 2.45) is 5.73 Å². The van der Waals surface area contributed by atoms with Crippen molar-refractivity contribution in [2.75, 3.05) is 6.54 Å². The Morgan fingerprint density at radius 3 is 2.55 bits per heavy atom. The van der Waals surface area contributed by atoms with Crippen LogP contribution in [0.5, 0.6) is 5.75 Å². The molecule has 0 unspecified atom stereocenters. The fourth-order valence-corrected chi connectivity index (χ4v) is 3.22. The molecule has 1 aliphatic heterocycles. The minimum absolute atomic E-state index is 0. The monoisotopic (exact) mass is 361 g/mol. The van der Waals surface area contributed by atoms with E-state index < -0.39 is 0 Å². The molecule has 2 aromatic rings. The number of fused-ring (bicyclic) bond motifs is 1. The third kappa shape index (κ3) is 3.18. The molecule has 1 aliphatic rings. The average Bonchev–Trinajstić information content (AvgIpc) is 2.46. The smallest absolute Gasteiger partial charge is 0.131 e. The molecule has 6 heteroatoms. The lowest BCUT2D eigenvalue weighted by Gasteiger charge is -2.27. The Bertz CT molecular complexity index is 673. The number of aryl methyl sites for hydroxylation is 1. The van der Waals surface area contributed by atoms with E-state index >= 15 is 0 Å². The first-order valence-electron chi connectivity index (χ1n) is 6.73. The van der Waals surface area contributed by atoms with Crippen molar-refractivity contribution in [1.82, 2.24) is 0 Å². The Kier molecular flexibility index (Phi) is 5.56. The Morgan fingerprint density at radius 1 is 1.23 bits per heavy atom. The summed E-state index contributed by atoms with van der Waals surface area (Å²) in [6, 6.07) is 8.11. The molecule has 1 heterocycles. The van der Waals surface area contributed by atoms with Gasteiger partial charge in [-0.2, -0.15) is 0 Å². The molecule has 118 valence electrons. The maximum atomic E-state index is 13.9. The third-order valence-electron chi connectivity index (χ3n) is 3.65. The van der Waals surface area contributed by atoms with Crippen LogP contribution >= 0.6 is 35.6 Å². The van der Waals surface area contributed by atoms with Crippen LogP contribution in [0, 0.1) is 5.82 Å². The number of benzene rings is 2. The molecule has 0 saturated carbocycles. The minimum Gasteiger partial charge on any atom is -0.488 e. The first-order valence-corrected chi connectivity index (χ1v) is 7.49. The van der Waals surface area contributed by atoms with Gasteiger partial charge in [0.1, 0.15) is 17.7 Å². The van der Waals surface area contributed by atoms with Crippen LogP contribution in [0.1, 0.15) is 12.0 Å². The van der Waals surface area contributed by atoms with Crippen LogP contribution in [0.15, 0.2) is 30.3 Å². The molecule has 0 fully saturated rings. The van der Waals surface area contributed by atoms with Crippen molar-refractivity contribution in [3.8, 4) is 16.9 Å². The second-order valence-corrected chi connectivity index (χ2v) is 5.87. The predicted molar refractivity (Wildman–Crippen MR) is 90.9 cm³/mol. The average molecular weight is 363 g/mol. The van der Waals surface area contributed by atoms with Crippen molar-refractivity contribution in [3.05, 3.63) is 51.8 Å². The highest BCUT2D eigenvalue weighted by molar-refractivity contribution is 6.39. The largest absolute Gasteiger partial charge is 0.488 e. The summed E-state index contributed by atoms with van der Waals surface area (Å²) in [4.78, 5) is 0. The molecule has 0 aliphatic carbocycles. The summed E-state index contributed by atoms with van der Waals surface area (Å²) < 4.78 is 19.8. The summed E-state index contributed by atoms with van der Waals surface area (Å²) in [6.07, 6.45) is 1.44. The Morgan fingerprint density at radius 2 is 1.91 bits per heavy atom. The maximum Gasteiger partial charge on any atom is 0.131 e. The molecular weight excluding hydrogens is 348 g/mol. The Balaban J connectivity index is 0.00000176. The molecule has 3 rings (SSSR count). The van der Waals surface area contributed by atoms with E-state index in [0.29, 0.717) is 33.5 Å². The van der Waals surface area contributed by atoms with E-state index in [9.17, 15) is 4.39 Å². The molecule has 0 bridgehead atoms. The number of hydrogen-bond donors (Lipinski definition) is 1. The first-order chi connectivity index (χ1) is 10.1. The summed E-state index contributed by atoms with van der Waals surface area (Å²) >= 11 is 12.5. The molecule has 0 radical (unpaired) electrons. The van der Waals surface area contributed by atoms with Crippen molar-refractivity contribution in [2.45, 2.75) is 18.9 Å². The molecule has 0 spiro atoms. The molecular formula is C16H15Cl3FNO. The van der Waals surface area contributed by atoms with Gasteiger partial charge in [-0.3, -0.25) is 0 Å². The SMILES string of the molecule is Cl.NC[C@H]1CCc2cc(F)cc(-c3c(Cl)cccc3Cl)c2O1. The van der Waals surface area contributed by atoms with Gasteiger partial charge in [-0.05, 0) is 42.7 Å². The summed E-state index contributed by atoms with van der Waals surface area (Å²) in [7, 11) is 0. The van der Waals surface area contributed by atoms with Crippen molar-refractivity contribution in [3.63, 3.8) is 0 Å². The van der Waals surface area contributed by atoms with Gasteiger partial charge in [0.05, 0.1) is 10.0 Å². The molecule has 1 atom stereocenters. The molecule has 2 nitrogen and oxygen atoms in total. The minimum atomic E-state index is -0.325. The van der Waals surface area contributed by atoms with Crippen LogP contribution in [0.4, 0.5) is 4.39 Å². The summed E-state index contributed by atoms with van der Waals surface area (Å²) in [5.41, 5.74) is 7.69. The number of rotatable bonds is 2. The van der Waals surface area contributed by atoms with Gasteiger partial charge in [0.2, 0.25) is 0 Å². The highest BCUT2D eigenvalue weighted by atomic mass is 35.5. The zero-order chi connectivity index (χ0) is 15.0. The van der Waals surface area contributed by atoms with Crippen LogP contribution in [0.25, 0.3) is 11.1 Å². The second-order valence-electron chi connectivity index (χ2n) is 5.05. The van der Waals surface area contributed by atoms with E-state index in [1.165, 1.54) is 12.1 Å². The fraction of sp³-hybridized carbons (Fsp3) is 0.250. The van der Waals surface area contributed by atoms with Gasteiger partial charge in [-0.1, -0.05) is 29.3 Å². The van der Waals surface area contributed by atoms with E-state index in [0.717, 1.165) is 18.4 Å². The highest BCUT2D eigenvalue weighted by Crippen LogP contribution is 2.43. The molecule has 0 saturated heterocycles. The number of nitrogens with two attached hydrogens (primary N) is 1. The molecule has 2 N–H and O–H groups in total. The van der Waals surface area contributed by atoms with Crippen molar-refractivity contribution < 1.29 is 9.13 Å². The molecule has 2 aromatic carbocycles.